The van der Waals surface area contributed by atoms with Gasteiger partial charge in [0.25, 0.3) is 5.91 Å². The van der Waals surface area contributed by atoms with E-state index in [1.54, 1.807) is 13.3 Å². The van der Waals surface area contributed by atoms with Crippen molar-refractivity contribution in [1.82, 2.24) is 19.8 Å². The van der Waals surface area contributed by atoms with Crippen molar-refractivity contribution in [2.75, 3.05) is 39.9 Å². The molecule has 1 aromatic rings. The van der Waals surface area contributed by atoms with E-state index in [0.29, 0.717) is 38.2 Å². The van der Waals surface area contributed by atoms with Crippen LogP contribution in [0.3, 0.4) is 0 Å². The molecule has 2 saturated heterocycles. The first kappa shape index (κ1) is 16.8. The highest BCUT2D eigenvalue weighted by atomic mass is 16.5. The van der Waals surface area contributed by atoms with Gasteiger partial charge in [0.05, 0.1) is 18.5 Å². The van der Waals surface area contributed by atoms with E-state index in [4.69, 9.17) is 4.74 Å². The number of aromatic nitrogens is 2. The van der Waals surface area contributed by atoms with Gasteiger partial charge >= 0.3 is 0 Å². The summed E-state index contributed by atoms with van der Waals surface area (Å²) >= 11 is 0. The van der Waals surface area contributed by atoms with Gasteiger partial charge in [0.1, 0.15) is 5.69 Å². The monoisotopic (exact) mass is 332 g/mol. The van der Waals surface area contributed by atoms with Crippen LogP contribution >= 0.6 is 0 Å². The number of carbonyl (C=O) groups is 2. The smallest absolute Gasteiger partial charge is 0.274 e. The highest BCUT2D eigenvalue weighted by Gasteiger charge is 2.30. The van der Waals surface area contributed by atoms with Crippen LogP contribution in [0.1, 0.15) is 35.4 Å². The maximum absolute atomic E-state index is 12.4. The van der Waals surface area contributed by atoms with Gasteiger partial charge in [0.15, 0.2) is 0 Å². The Balaban J connectivity index is 1.60. The Bertz CT molecular complexity index is 601. The van der Waals surface area contributed by atoms with Gasteiger partial charge < -0.3 is 14.5 Å². The van der Waals surface area contributed by atoms with E-state index in [-0.39, 0.29) is 17.7 Å². The summed E-state index contributed by atoms with van der Waals surface area (Å²) in [4.78, 5) is 36.7. The van der Waals surface area contributed by atoms with Crippen LogP contribution in [0.25, 0.3) is 0 Å². The fraction of sp³-hybridized carbons (Fsp3) is 0.647. The van der Waals surface area contributed by atoms with Crippen LogP contribution in [0.2, 0.25) is 0 Å². The van der Waals surface area contributed by atoms with Gasteiger partial charge in [-0.1, -0.05) is 0 Å². The number of ether oxygens (including phenoxy) is 1. The molecule has 24 heavy (non-hydrogen) atoms. The molecule has 2 fully saturated rings. The zero-order valence-corrected chi connectivity index (χ0v) is 14.1. The average Bonchev–Trinajstić information content (AvgIpc) is 3.22. The summed E-state index contributed by atoms with van der Waals surface area (Å²) in [5.41, 5.74) is 1.20. The number of methoxy groups -OCH3 is 1. The molecule has 1 aromatic heterocycles. The number of hydrogen-bond acceptors (Lipinski definition) is 5. The summed E-state index contributed by atoms with van der Waals surface area (Å²) in [5.74, 6) is 0.348. The van der Waals surface area contributed by atoms with E-state index in [1.807, 2.05) is 9.80 Å². The molecule has 2 aliphatic rings. The van der Waals surface area contributed by atoms with E-state index < -0.39 is 0 Å². The molecule has 0 saturated carbocycles. The number of hydrogen-bond donors (Lipinski definition) is 0. The van der Waals surface area contributed by atoms with E-state index in [2.05, 4.69) is 9.97 Å². The Morgan fingerprint density at radius 3 is 2.88 bits per heavy atom. The number of rotatable bonds is 6. The summed E-state index contributed by atoms with van der Waals surface area (Å²) < 4.78 is 5.04. The third-order valence-corrected chi connectivity index (χ3v) is 4.65. The van der Waals surface area contributed by atoms with Crippen molar-refractivity contribution in [1.29, 1.82) is 0 Å². The number of amides is 2. The van der Waals surface area contributed by atoms with Gasteiger partial charge in [-0.05, 0) is 25.2 Å². The molecular weight excluding hydrogens is 308 g/mol. The number of nitrogens with zero attached hydrogens (tertiary/aromatic N) is 4. The van der Waals surface area contributed by atoms with E-state index in [0.717, 1.165) is 31.6 Å². The lowest BCUT2D eigenvalue weighted by Gasteiger charge is -2.16. The van der Waals surface area contributed by atoms with Crippen molar-refractivity contribution in [2.24, 2.45) is 5.92 Å². The minimum Gasteiger partial charge on any atom is -0.383 e. The maximum atomic E-state index is 12.4. The lowest BCUT2D eigenvalue weighted by Crippen LogP contribution is -2.29. The van der Waals surface area contributed by atoms with Crippen molar-refractivity contribution in [3.8, 4) is 0 Å². The van der Waals surface area contributed by atoms with Crippen LogP contribution in [-0.2, 0) is 16.0 Å². The van der Waals surface area contributed by atoms with Crippen LogP contribution in [0.4, 0.5) is 0 Å². The summed E-state index contributed by atoms with van der Waals surface area (Å²) in [6.07, 6.45) is 6.54. The molecule has 1 unspecified atom stereocenters. The third-order valence-electron chi connectivity index (χ3n) is 4.65. The molecule has 0 aliphatic carbocycles. The van der Waals surface area contributed by atoms with Crippen LogP contribution in [-0.4, -0.2) is 71.5 Å². The van der Waals surface area contributed by atoms with Crippen LogP contribution in [0.5, 0.6) is 0 Å². The molecule has 0 N–H and O–H groups in total. The molecule has 3 rings (SSSR count). The lowest BCUT2D eigenvalue weighted by molar-refractivity contribution is -0.128. The lowest BCUT2D eigenvalue weighted by atomic mass is 10.0. The second-order valence-corrected chi connectivity index (χ2v) is 6.50. The zero-order valence-electron chi connectivity index (χ0n) is 14.1. The third kappa shape index (κ3) is 3.90. The normalized spacial score (nSPS) is 20.9. The van der Waals surface area contributed by atoms with Crippen LogP contribution in [0.15, 0.2) is 12.4 Å². The van der Waals surface area contributed by atoms with Gasteiger partial charge in [0.2, 0.25) is 5.91 Å². The molecule has 7 heteroatoms. The van der Waals surface area contributed by atoms with E-state index in [1.165, 1.54) is 6.20 Å². The topological polar surface area (TPSA) is 75.6 Å². The highest BCUT2D eigenvalue weighted by molar-refractivity contribution is 5.92. The molecule has 0 spiro atoms. The standard InChI is InChI=1S/C17H24N4O3/c1-24-7-6-21-12-13(9-16(21)22)8-14-10-18-11-15(19-14)17(23)20-4-2-3-5-20/h10-11,13H,2-9,12H2,1H3. The van der Waals surface area contributed by atoms with Gasteiger partial charge in [0, 0.05) is 45.9 Å². The average molecular weight is 332 g/mol. The first-order valence-corrected chi connectivity index (χ1v) is 8.54. The van der Waals surface area contributed by atoms with Gasteiger partial charge in [-0.3, -0.25) is 14.6 Å². The largest absolute Gasteiger partial charge is 0.383 e. The van der Waals surface area contributed by atoms with Crippen molar-refractivity contribution in [2.45, 2.75) is 25.7 Å². The fourth-order valence-corrected chi connectivity index (χ4v) is 3.39. The fourth-order valence-electron chi connectivity index (χ4n) is 3.39. The Kier molecular flexibility index (Phi) is 5.40. The van der Waals surface area contributed by atoms with E-state index >= 15 is 0 Å². The summed E-state index contributed by atoms with van der Waals surface area (Å²) in [6.45, 7) is 3.50. The van der Waals surface area contributed by atoms with Crippen molar-refractivity contribution in [3.05, 3.63) is 23.8 Å². The molecule has 0 bridgehead atoms. The summed E-state index contributed by atoms with van der Waals surface area (Å²) in [6, 6.07) is 0. The van der Waals surface area contributed by atoms with Crippen LogP contribution in [0, 0.1) is 5.92 Å². The van der Waals surface area contributed by atoms with Gasteiger partial charge in [-0.25, -0.2) is 4.98 Å². The molecule has 1 atom stereocenters. The van der Waals surface area contributed by atoms with Gasteiger partial charge in [-0.15, -0.1) is 0 Å². The second-order valence-electron chi connectivity index (χ2n) is 6.50. The maximum Gasteiger partial charge on any atom is 0.274 e. The van der Waals surface area contributed by atoms with Crippen LogP contribution < -0.4 is 0 Å². The molecule has 2 amide bonds. The summed E-state index contributed by atoms with van der Waals surface area (Å²) in [7, 11) is 1.64. The molecule has 7 nitrogen and oxygen atoms in total. The Labute approximate surface area is 142 Å². The molecule has 2 aliphatic heterocycles. The van der Waals surface area contributed by atoms with Crippen molar-refractivity contribution in [3.63, 3.8) is 0 Å². The van der Waals surface area contributed by atoms with Crippen molar-refractivity contribution < 1.29 is 14.3 Å². The quantitative estimate of drug-likeness (QED) is 0.768. The minimum absolute atomic E-state index is 0.0360. The molecule has 3 heterocycles. The minimum atomic E-state index is -0.0360. The van der Waals surface area contributed by atoms with Crippen molar-refractivity contribution >= 4 is 11.8 Å². The Hall–Kier alpha value is -2.02. The SMILES string of the molecule is COCCN1CC(Cc2cncc(C(=O)N3CCCC3)n2)CC1=O. The Morgan fingerprint density at radius 1 is 1.33 bits per heavy atom. The predicted octanol–water partition coefficient (Wildman–Crippen LogP) is 0.750. The van der Waals surface area contributed by atoms with Gasteiger partial charge in [-0.2, -0.15) is 0 Å². The molecule has 0 radical (unpaired) electrons. The summed E-state index contributed by atoms with van der Waals surface area (Å²) in [5, 5.41) is 0. The molecule has 0 aromatic carbocycles. The second kappa shape index (κ2) is 7.70. The first-order valence-electron chi connectivity index (χ1n) is 8.54. The Morgan fingerprint density at radius 2 is 2.12 bits per heavy atom. The molecular formula is C17H24N4O3. The highest BCUT2D eigenvalue weighted by Crippen LogP contribution is 2.21. The zero-order chi connectivity index (χ0) is 16.9. The number of carbonyl (C=O) groups excluding carboxylic acids is 2. The van der Waals surface area contributed by atoms with E-state index in [9.17, 15) is 9.59 Å². The molecule has 130 valence electrons. The first-order chi connectivity index (χ1) is 11.7. The number of likely N-dealkylation sites (tertiary alicyclic amines) is 2. The predicted molar refractivity (Wildman–Crippen MR) is 87.4 cm³/mol.